The Bertz CT molecular complexity index is 1060. The van der Waals surface area contributed by atoms with Gasteiger partial charge in [0.25, 0.3) is 0 Å². The summed E-state index contributed by atoms with van der Waals surface area (Å²) >= 11 is 0. The lowest BCUT2D eigenvalue weighted by Gasteiger charge is -2.27. The molecule has 1 heterocycles. The van der Waals surface area contributed by atoms with Crippen molar-refractivity contribution in [3.63, 3.8) is 0 Å². The van der Waals surface area contributed by atoms with Crippen LogP contribution in [0.15, 0.2) is 72.8 Å². The Kier molecular flexibility index (Phi) is 7.01. The smallest absolute Gasteiger partial charge is 0.201 e. The molecule has 0 radical (unpaired) electrons. The van der Waals surface area contributed by atoms with Crippen molar-refractivity contribution in [3.8, 4) is 28.0 Å². The van der Waals surface area contributed by atoms with Crippen LogP contribution in [0.1, 0.15) is 38.4 Å². The van der Waals surface area contributed by atoms with Gasteiger partial charge in [0.15, 0.2) is 11.6 Å². The SMILES string of the molecule is C/C=C/C1CCC(c2ccc(-c3ccc(-c4ccc(OCC)c(F)c4F)cc3)cc2)OC1. The van der Waals surface area contributed by atoms with Crippen molar-refractivity contribution >= 4 is 0 Å². The molecular formula is C28H28F2O2. The molecule has 3 aromatic rings. The Hall–Kier alpha value is -2.98. The molecule has 4 rings (SSSR count). The molecule has 166 valence electrons. The second kappa shape index (κ2) is 10.1. The third-order valence-electron chi connectivity index (χ3n) is 5.93. The van der Waals surface area contributed by atoms with Gasteiger partial charge < -0.3 is 9.47 Å². The van der Waals surface area contributed by atoms with E-state index < -0.39 is 11.6 Å². The first-order valence-electron chi connectivity index (χ1n) is 11.2. The van der Waals surface area contributed by atoms with Gasteiger partial charge in [0, 0.05) is 11.5 Å². The van der Waals surface area contributed by atoms with Crippen LogP contribution in [0.2, 0.25) is 0 Å². The van der Waals surface area contributed by atoms with Crippen LogP contribution in [0, 0.1) is 17.6 Å². The van der Waals surface area contributed by atoms with Crippen molar-refractivity contribution in [1.29, 1.82) is 0 Å². The molecule has 32 heavy (non-hydrogen) atoms. The van der Waals surface area contributed by atoms with Gasteiger partial charge in [0.2, 0.25) is 5.82 Å². The van der Waals surface area contributed by atoms with Gasteiger partial charge in [-0.1, -0.05) is 60.7 Å². The summed E-state index contributed by atoms with van der Waals surface area (Å²) in [5.41, 5.74) is 4.12. The molecule has 4 heteroatoms. The van der Waals surface area contributed by atoms with E-state index in [1.807, 2.05) is 31.2 Å². The van der Waals surface area contributed by atoms with E-state index in [1.54, 1.807) is 13.0 Å². The molecular weight excluding hydrogens is 406 g/mol. The molecule has 0 saturated carbocycles. The highest BCUT2D eigenvalue weighted by molar-refractivity contribution is 5.71. The van der Waals surface area contributed by atoms with Crippen LogP contribution in [0.25, 0.3) is 22.3 Å². The average Bonchev–Trinajstić information content (AvgIpc) is 2.83. The van der Waals surface area contributed by atoms with Crippen LogP contribution in [0.3, 0.4) is 0 Å². The Morgan fingerprint density at radius 1 is 0.875 bits per heavy atom. The van der Waals surface area contributed by atoms with Crippen LogP contribution in [0.5, 0.6) is 5.75 Å². The predicted molar refractivity (Wildman–Crippen MR) is 125 cm³/mol. The van der Waals surface area contributed by atoms with Crippen LogP contribution in [-0.2, 0) is 4.74 Å². The monoisotopic (exact) mass is 434 g/mol. The minimum absolute atomic E-state index is 0.0650. The topological polar surface area (TPSA) is 18.5 Å². The highest BCUT2D eigenvalue weighted by Gasteiger charge is 2.21. The molecule has 0 aromatic heterocycles. The van der Waals surface area contributed by atoms with Crippen molar-refractivity contribution in [2.45, 2.75) is 32.8 Å². The van der Waals surface area contributed by atoms with E-state index in [4.69, 9.17) is 9.47 Å². The predicted octanol–water partition coefficient (Wildman–Crippen LogP) is 7.74. The zero-order valence-corrected chi connectivity index (χ0v) is 18.5. The van der Waals surface area contributed by atoms with E-state index in [1.165, 1.54) is 11.6 Å². The second-order valence-electron chi connectivity index (χ2n) is 8.06. The number of ether oxygens (including phenoxy) is 2. The van der Waals surface area contributed by atoms with Crippen LogP contribution >= 0.6 is 0 Å². The number of allylic oxidation sites excluding steroid dienone is 1. The van der Waals surface area contributed by atoms with Gasteiger partial charge in [0.1, 0.15) is 0 Å². The molecule has 2 unspecified atom stereocenters. The molecule has 0 amide bonds. The van der Waals surface area contributed by atoms with Crippen molar-refractivity contribution in [2.75, 3.05) is 13.2 Å². The molecule has 1 fully saturated rings. The molecule has 2 atom stereocenters. The number of hydrogen-bond donors (Lipinski definition) is 0. The normalized spacial score (nSPS) is 18.8. The minimum Gasteiger partial charge on any atom is -0.491 e. The number of hydrogen-bond acceptors (Lipinski definition) is 2. The maximum atomic E-state index is 14.5. The zero-order valence-electron chi connectivity index (χ0n) is 18.5. The lowest BCUT2D eigenvalue weighted by Crippen LogP contribution is -2.19. The number of halogens is 2. The first-order valence-corrected chi connectivity index (χ1v) is 11.2. The van der Waals surface area contributed by atoms with E-state index in [0.717, 1.165) is 30.6 Å². The lowest BCUT2D eigenvalue weighted by atomic mass is 9.93. The van der Waals surface area contributed by atoms with Crippen LogP contribution < -0.4 is 4.74 Å². The molecule has 1 aliphatic rings. The molecule has 3 aromatic carbocycles. The largest absolute Gasteiger partial charge is 0.491 e. The lowest BCUT2D eigenvalue weighted by molar-refractivity contribution is -0.00524. The van der Waals surface area contributed by atoms with Crippen molar-refractivity contribution in [3.05, 3.63) is 90.0 Å². The number of rotatable bonds is 6. The molecule has 0 N–H and O–H groups in total. The first kappa shape index (κ1) is 22.2. The molecule has 0 spiro atoms. The van der Waals surface area contributed by atoms with Gasteiger partial charge >= 0.3 is 0 Å². The van der Waals surface area contributed by atoms with Crippen LogP contribution in [-0.4, -0.2) is 13.2 Å². The van der Waals surface area contributed by atoms with Gasteiger partial charge in [-0.2, -0.15) is 4.39 Å². The summed E-state index contributed by atoms with van der Waals surface area (Å²) in [5, 5.41) is 0. The summed E-state index contributed by atoms with van der Waals surface area (Å²) in [6, 6.07) is 18.9. The maximum absolute atomic E-state index is 14.5. The van der Waals surface area contributed by atoms with E-state index in [-0.39, 0.29) is 24.0 Å². The Morgan fingerprint density at radius 3 is 2.12 bits per heavy atom. The summed E-state index contributed by atoms with van der Waals surface area (Å²) in [4.78, 5) is 0. The maximum Gasteiger partial charge on any atom is 0.201 e. The average molecular weight is 435 g/mol. The summed E-state index contributed by atoms with van der Waals surface area (Å²) in [7, 11) is 0. The molecule has 2 nitrogen and oxygen atoms in total. The highest BCUT2D eigenvalue weighted by Crippen LogP contribution is 2.34. The second-order valence-corrected chi connectivity index (χ2v) is 8.06. The van der Waals surface area contributed by atoms with Gasteiger partial charge in [-0.15, -0.1) is 0 Å². The van der Waals surface area contributed by atoms with Gasteiger partial charge in [0.05, 0.1) is 19.3 Å². The van der Waals surface area contributed by atoms with E-state index in [2.05, 4.69) is 36.4 Å². The Balaban J connectivity index is 1.47. The molecule has 0 aliphatic carbocycles. The Morgan fingerprint density at radius 2 is 1.53 bits per heavy atom. The van der Waals surface area contributed by atoms with E-state index in [9.17, 15) is 8.78 Å². The fourth-order valence-corrected chi connectivity index (χ4v) is 4.21. The highest BCUT2D eigenvalue weighted by atomic mass is 19.2. The van der Waals surface area contributed by atoms with Crippen molar-refractivity contribution in [1.82, 2.24) is 0 Å². The molecule has 0 bridgehead atoms. The third-order valence-corrected chi connectivity index (χ3v) is 5.93. The fraction of sp³-hybridized carbons (Fsp3) is 0.286. The third kappa shape index (κ3) is 4.76. The minimum atomic E-state index is -0.953. The summed E-state index contributed by atoms with van der Waals surface area (Å²) < 4.78 is 39.9. The van der Waals surface area contributed by atoms with Gasteiger partial charge in [-0.25, -0.2) is 4.39 Å². The molecule has 1 saturated heterocycles. The van der Waals surface area contributed by atoms with Crippen molar-refractivity contribution < 1.29 is 18.3 Å². The number of benzene rings is 3. The quantitative estimate of drug-likeness (QED) is 0.369. The zero-order chi connectivity index (χ0) is 22.5. The standard InChI is InChI=1S/C28H28F2O2/c1-3-5-19-6-16-25(32-18-19)23-13-9-21(10-14-23)20-7-11-22(12-8-20)24-15-17-26(31-4-2)28(30)27(24)29/h3,5,7-15,17,19,25H,4,6,16,18H2,1-2H3/b5-3+. The Labute approximate surface area is 188 Å². The van der Waals surface area contributed by atoms with Gasteiger partial charge in [-0.05, 0) is 61.1 Å². The van der Waals surface area contributed by atoms with E-state index in [0.29, 0.717) is 11.5 Å². The van der Waals surface area contributed by atoms with Crippen molar-refractivity contribution in [2.24, 2.45) is 5.92 Å². The fourth-order valence-electron chi connectivity index (χ4n) is 4.21. The summed E-state index contributed by atoms with van der Waals surface area (Å²) in [5.74, 6) is -1.39. The van der Waals surface area contributed by atoms with E-state index >= 15 is 0 Å². The first-order chi connectivity index (χ1) is 15.6. The molecule has 1 aliphatic heterocycles. The summed E-state index contributed by atoms with van der Waals surface area (Å²) in [6.45, 7) is 4.83. The summed E-state index contributed by atoms with van der Waals surface area (Å²) in [6.07, 6.45) is 6.62. The van der Waals surface area contributed by atoms with Gasteiger partial charge in [-0.3, -0.25) is 0 Å². The van der Waals surface area contributed by atoms with Crippen LogP contribution in [0.4, 0.5) is 8.78 Å².